The lowest BCUT2D eigenvalue weighted by Gasteiger charge is -2.13. The molecule has 1 heterocycles. The van der Waals surface area contributed by atoms with Crippen molar-refractivity contribution in [3.05, 3.63) is 33.2 Å². The van der Waals surface area contributed by atoms with Crippen LogP contribution in [0.3, 0.4) is 0 Å². The fourth-order valence-electron chi connectivity index (χ4n) is 1.97. The van der Waals surface area contributed by atoms with Crippen molar-refractivity contribution >= 4 is 51.0 Å². The number of carbonyl (C=O) groups excluding carboxylic acids is 2. The molecule has 0 aliphatic carbocycles. The number of benzene rings is 1. The van der Waals surface area contributed by atoms with Crippen molar-refractivity contribution in [3.63, 3.8) is 0 Å². The predicted octanol–water partition coefficient (Wildman–Crippen LogP) is 1.83. The Morgan fingerprint density at radius 3 is 2.79 bits per heavy atom. The van der Waals surface area contributed by atoms with E-state index in [1.54, 1.807) is 12.1 Å². The summed E-state index contributed by atoms with van der Waals surface area (Å²) in [7, 11) is 1.23. The van der Waals surface area contributed by atoms with Crippen LogP contribution in [0.2, 0.25) is 0 Å². The normalized spacial score (nSPS) is 16.6. The van der Waals surface area contributed by atoms with Crippen molar-refractivity contribution in [1.29, 1.82) is 0 Å². The number of aliphatic hydroxyl groups is 1. The van der Waals surface area contributed by atoms with E-state index in [1.165, 1.54) is 13.3 Å². The molecule has 0 aromatic heterocycles. The number of methoxy groups -OCH3 is 1. The Balaban J connectivity index is 2.16. The molecule has 0 saturated carbocycles. The molecule has 0 atom stereocenters. The fourth-order valence-corrected chi connectivity index (χ4v) is 3.13. The molecule has 1 aromatic carbocycles. The number of ether oxygens (including phenoxy) is 3. The van der Waals surface area contributed by atoms with Gasteiger partial charge in [0.15, 0.2) is 16.7 Å². The molecular formula is C17H18BrN3O6S. The predicted molar refractivity (Wildman–Crippen MR) is 109 cm³/mol. The summed E-state index contributed by atoms with van der Waals surface area (Å²) in [4.78, 5) is 23.2. The van der Waals surface area contributed by atoms with Gasteiger partial charge in [0, 0.05) is 16.1 Å². The van der Waals surface area contributed by atoms with E-state index in [1.807, 2.05) is 6.92 Å². The number of amidine groups is 1. The monoisotopic (exact) mass is 471 g/mol. The average Bonchev–Trinajstić information content (AvgIpc) is 3.02. The van der Waals surface area contributed by atoms with E-state index < -0.39 is 11.9 Å². The average molecular weight is 472 g/mol. The highest BCUT2D eigenvalue weighted by atomic mass is 79.9. The molecule has 1 saturated heterocycles. The van der Waals surface area contributed by atoms with E-state index in [9.17, 15) is 9.59 Å². The number of halogens is 1. The van der Waals surface area contributed by atoms with Gasteiger partial charge in [0.25, 0.3) is 5.91 Å². The largest absolute Gasteiger partial charge is 0.490 e. The summed E-state index contributed by atoms with van der Waals surface area (Å²) in [5, 5.41) is 19.6. The quantitative estimate of drug-likeness (QED) is 0.257. The van der Waals surface area contributed by atoms with Crippen molar-refractivity contribution in [3.8, 4) is 11.5 Å². The zero-order valence-corrected chi connectivity index (χ0v) is 17.5. The zero-order valence-electron chi connectivity index (χ0n) is 15.1. The van der Waals surface area contributed by atoms with E-state index in [0.29, 0.717) is 28.1 Å². The van der Waals surface area contributed by atoms with Crippen LogP contribution in [0.25, 0.3) is 0 Å². The van der Waals surface area contributed by atoms with Crippen LogP contribution in [-0.2, 0) is 14.3 Å². The Morgan fingerprint density at radius 2 is 2.11 bits per heavy atom. The lowest BCUT2D eigenvalue weighted by molar-refractivity contribution is -0.135. The highest BCUT2D eigenvalue weighted by Crippen LogP contribution is 2.33. The SMILES string of the molecule is CCOc1cc(C=N/N=C2/NC(=O)/C(=C\C(=O)OC)S2)c(Br)cc1OCCO. The first-order valence-corrected chi connectivity index (χ1v) is 9.69. The van der Waals surface area contributed by atoms with E-state index in [4.69, 9.17) is 14.6 Å². The van der Waals surface area contributed by atoms with Crippen molar-refractivity contribution in [2.24, 2.45) is 10.2 Å². The maximum absolute atomic E-state index is 11.8. The van der Waals surface area contributed by atoms with Gasteiger partial charge >= 0.3 is 5.97 Å². The van der Waals surface area contributed by atoms with Crippen LogP contribution in [0.15, 0.2) is 37.8 Å². The van der Waals surface area contributed by atoms with E-state index in [0.717, 1.165) is 17.8 Å². The number of hydrogen-bond acceptors (Lipinski definition) is 9. The highest BCUT2D eigenvalue weighted by molar-refractivity contribution is 9.10. The number of nitrogens with zero attached hydrogens (tertiary/aromatic N) is 2. The standard InChI is InChI=1S/C17H18BrN3O6S/c1-3-26-12-6-10(11(18)7-13(12)27-5-4-22)9-19-21-17-20-16(24)14(28-17)8-15(23)25-2/h6-9,22H,3-5H2,1-2H3,(H,20,21,24)/b14-8+,19-9?. The molecule has 1 aromatic rings. The van der Waals surface area contributed by atoms with Gasteiger partial charge in [-0.1, -0.05) is 0 Å². The van der Waals surface area contributed by atoms with E-state index >= 15 is 0 Å². The minimum Gasteiger partial charge on any atom is -0.490 e. The molecule has 0 spiro atoms. The molecule has 28 heavy (non-hydrogen) atoms. The summed E-state index contributed by atoms with van der Waals surface area (Å²) >= 11 is 4.40. The molecule has 2 N–H and O–H groups in total. The first-order valence-electron chi connectivity index (χ1n) is 8.08. The minimum atomic E-state index is -0.627. The Hall–Kier alpha value is -2.37. The van der Waals surface area contributed by atoms with Crippen LogP contribution in [-0.4, -0.2) is 55.3 Å². The minimum absolute atomic E-state index is 0.111. The van der Waals surface area contributed by atoms with Crippen LogP contribution >= 0.6 is 27.7 Å². The second-order valence-electron chi connectivity index (χ2n) is 5.06. The van der Waals surface area contributed by atoms with Gasteiger partial charge in [0.2, 0.25) is 0 Å². The van der Waals surface area contributed by atoms with Gasteiger partial charge in [0.05, 0.1) is 31.4 Å². The van der Waals surface area contributed by atoms with Gasteiger partial charge in [0.1, 0.15) is 6.61 Å². The number of thioether (sulfide) groups is 1. The van der Waals surface area contributed by atoms with Crippen LogP contribution in [0.1, 0.15) is 12.5 Å². The molecule has 11 heteroatoms. The molecule has 0 unspecified atom stereocenters. The van der Waals surface area contributed by atoms with Gasteiger partial charge in [-0.2, -0.15) is 5.10 Å². The number of hydrogen-bond donors (Lipinski definition) is 2. The molecule has 0 radical (unpaired) electrons. The summed E-state index contributed by atoms with van der Waals surface area (Å²) in [5.41, 5.74) is 0.670. The molecule has 1 aliphatic rings. The highest BCUT2D eigenvalue weighted by Gasteiger charge is 2.25. The summed E-state index contributed by atoms with van der Waals surface area (Å²) in [6, 6.07) is 3.42. The Kier molecular flexibility index (Phi) is 8.48. The van der Waals surface area contributed by atoms with Crippen LogP contribution in [0.4, 0.5) is 0 Å². The summed E-state index contributed by atoms with van der Waals surface area (Å²) in [5.74, 6) is -0.0876. The first-order chi connectivity index (χ1) is 13.5. The van der Waals surface area contributed by atoms with Crippen molar-refractivity contribution in [1.82, 2.24) is 5.32 Å². The number of amides is 1. The Bertz CT molecular complexity index is 840. The maximum Gasteiger partial charge on any atom is 0.331 e. The lowest BCUT2D eigenvalue weighted by Crippen LogP contribution is -2.19. The molecular weight excluding hydrogens is 454 g/mol. The number of carbonyl (C=O) groups is 2. The van der Waals surface area contributed by atoms with E-state index in [2.05, 4.69) is 36.2 Å². The molecule has 1 aliphatic heterocycles. The third-order valence-corrected chi connectivity index (χ3v) is 4.75. The van der Waals surface area contributed by atoms with Gasteiger partial charge in [-0.15, -0.1) is 5.10 Å². The lowest BCUT2D eigenvalue weighted by atomic mass is 10.2. The number of nitrogens with one attached hydrogen (secondary N) is 1. The van der Waals surface area contributed by atoms with Crippen molar-refractivity contribution in [2.45, 2.75) is 6.92 Å². The summed E-state index contributed by atoms with van der Waals surface area (Å²) in [6.07, 6.45) is 2.56. The van der Waals surface area contributed by atoms with Crippen molar-refractivity contribution in [2.75, 3.05) is 26.9 Å². The second kappa shape index (κ2) is 10.8. The fraction of sp³-hybridized carbons (Fsp3) is 0.294. The first kappa shape index (κ1) is 21.9. The topological polar surface area (TPSA) is 119 Å². The van der Waals surface area contributed by atoms with Crippen LogP contribution in [0, 0.1) is 0 Å². The molecule has 1 amide bonds. The number of esters is 1. The van der Waals surface area contributed by atoms with Crippen LogP contribution in [0.5, 0.6) is 11.5 Å². The molecule has 0 bridgehead atoms. The number of aliphatic hydroxyl groups excluding tert-OH is 1. The maximum atomic E-state index is 11.8. The summed E-state index contributed by atoms with van der Waals surface area (Å²) in [6.45, 7) is 2.32. The third kappa shape index (κ3) is 6.08. The third-order valence-electron chi connectivity index (χ3n) is 3.16. The zero-order chi connectivity index (χ0) is 20.5. The van der Waals surface area contributed by atoms with Gasteiger partial charge in [-0.3, -0.25) is 10.1 Å². The van der Waals surface area contributed by atoms with Gasteiger partial charge in [-0.05, 0) is 46.7 Å². The molecule has 9 nitrogen and oxygen atoms in total. The molecule has 150 valence electrons. The second-order valence-corrected chi connectivity index (χ2v) is 6.95. The number of rotatable bonds is 8. The molecule has 2 rings (SSSR count). The molecule has 1 fully saturated rings. The Morgan fingerprint density at radius 1 is 1.36 bits per heavy atom. The summed E-state index contributed by atoms with van der Waals surface area (Å²) < 4.78 is 16.2. The van der Waals surface area contributed by atoms with Crippen molar-refractivity contribution < 1.29 is 28.9 Å². The van der Waals surface area contributed by atoms with Crippen LogP contribution < -0.4 is 14.8 Å². The van der Waals surface area contributed by atoms with Gasteiger partial charge < -0.3 is 19.3 Å². The van der Waals surface area contributed by atoms with Gasteiger partial charge in [-0.25, -0.2) is 4.79 Å². The van der Waals surface area contributed by atoms with E-state index in [-0.39, 0.29) is 23.3 Å². The Labute approximate surface area is 174 Å². The smallest absolute Gasteiger partial charge is 0.331 e.